The first kappa shape index (κ1) is 18.6. The number of aliphatic hydroxyl groups excluding tert-OH is 1. The second-order valence-electron chi connectivity index (χ2n) is 5.98. The summed E-state index contributed by atoms with van der Waals surface area (Å²) in [5, 5.41) is 11.8. The molecule has 4 nitrogen and oxygen atoms in total. The summed E-state index contributed by atoms with van der Waals surface area (Å²) in [5.74, 6) is -0.348. The van der Waals surface area contributed by atoms with E-state index in [9.17, 15) is 18.0 Å². The quantitative estimate of drug-likeness (QED) is 0.860. The number of nitrogens with one attached hydrogen (secondary N) is 1. The Hall–Kier alpha value is -1.76. The van der Waals surface area contributed by atoms with Crippen molar-refractivity contribution in [3.05, 3.63) is 35.4 Å². The Morgan fingerprint density at radius 3 is 2.67 bits per heavy atom. The first-order valence-electron chi connectivity index (χ1n) is 8.20. The van der Waals surface area contributed by atoms with E-state index in [0.29, 0.717) is 19.4 Å². The molecule has 0 aromatic heterocycles. The molecule has 1 fully saturated rings. The van der Waals surface area contributed by atoms with Crippen LogP contribution in [0.4, 0.5) is 18.0 Å². The number of urea groups is 1. The number of hydrogen-bond acceptors (Lipinski definition) is 2. The Morgan fingerprint density at radius 2 is 2.04 bits per heavy atom. The van der Waals surface area contributed by atoms with E-state index >= 15 is 0 Å². The third-order valence-electron chi connectivity index (χ3n) is 4.53. The fourth-order valence-electron chi connectivity index (χ4n) is 3.36. The van der Waals surface area contributed by atoms with Gasteiger partial charge in [0.25, 0.3) is 0 Å². The molecule has 0 radical (unpaired) electrons. The maximum absolute atomic E-state index is 13.3. The maximum atomic E-state index is 13.3. The van der Waals surface area contributed by atoms with Crippen LogP contribution in [0.5, 0.6) is 0 Å². The molecular formula is C17H23F3N2O2. The van der Waals surface area contributed by atoms with E-state index in [-0.39, 0.29) is 36.7 Å². The standard InChI is InChI=1S/C17H23F3N2O2/c1-2-22(10-11-23)16(24)21-15-9-5-7-13(15)12-6-3-4-8-14(12)17(18,19)20/h3-4,6,8,13,15,23H,2,5,7,9-11H2,1H3,(H,21,24). The number of hydrogen-bond donors (Lipinski definition) is 2. The van der Waals surface area contributed by atoms with Crippen LogP contribution < -0.4 is 5.32 Å². The summed E-state index contributed by atoms with van der Waals surface area (Å²) in [6.07, 6.45) is -2.36. The van der Waals surface area contributed by atoms with Crippen molar-refractivity contribution in [2.75, 3.05) is 19.7 Å². The van der Waals surface area contributed by atoms with Crippen molar-refractivity contribution in [3.8, 4) is 0 Å². The van der Waals surface area contributed by atoms with Gasteiger partial charge in [-0.05, 0) is 31.4 Å². The van der Waals surface area contributed by atoms with Crippen molar-refractivity contribution in [1.82, 2.24) is 10.2 Å². The highest BCUT2D eigenvalue weighted by molar-refractivity contribution is 5.74. The fourth-order valence-corrected chi connectivity index (χ4v) is 3.36. The van der Waals surface area contributed by atoms with E-state index in [2.05, 4.69) is 5.32 Å². The first-order chi connectivity index (χ1) is 11.4. The number of carbonyl (C=O) groups is 1. The molecule has 1 aromatic carbocycles. The van der Waals surface area contributed by atoms with Crippen LogP contribution >= 0.6 is 0 Å². The molecule has 134 valence electrons. The molecule has 0 bridgehead atoms. The first-order valence-corrected chi connectivity index (χ1v) is 8.20. The molecule has 2 N–H and O–H groups in total. The van der Waals surface area contributed by atoms with E-state index in [1.165, 1.54) is 17.0 Å². The smallest absolute Gasteiger partial charge is 0.395 e. The van der Waals surface area contributed by atoms with Gasteiger partial charge in [0.1, 0.15) is 0 Å². The van der Waals surface area contributed by atoms with Gasteiger partial charge in [0.2, 0.25) is 0 Å². The number of halogens is 3. The van der Waals surface area contributed by atoms with Crippen molar-refractivity contribution in [1.29, 1.82) is 0 Å². The average molecular weight is 344 g/mol. The molecule has 0 aliphatic heterocycles. The molecule has 2 rings (SSSR count). The van der Waals surface area contributed by atoms with Crippen LogP contribution in [0.2, 0.25) is 0 Å². The summed E-state index contributed by atoms with van der Waals surface area (Å²) in [5.41, 5.74) is -0.378. The minimum absolute atomic E-state index is 0.147. The molecule has 7 heteroatoms. The molecule has 1 aliphatic rings. The fraction of sp³-hybridized carbons (Fsp3) is 0.588. The number of rotatable bonds is 5. The van der Waals surface area contributed by atoms with Gasteiger partial charge in [0.05, 0.1) is 12.2 Å². The summed E-state index contributed by atoms with van der Waals surface area (Å²) in [4.78, 5) is 13.7. The topological polar surface area (TPSA) is 52.6 Å². The largest absolute Gasteiger partial charge is 0.416 e. The van der Waals surface area contributed by atoms with Gasteiger partial charge in [-0.25, -0.2) is 4.79 Å². The normalized spacial score (nSPS) is 20.9. The van der Waals surface area contributed by atoms with Crippen LogP contribution in [0.15, 0.2) is 24.3 Å². The number of alkyl halides is 3. The second-order valence-corrected chi connectivity index (χ2v) is 5.98. The van der Waals surface area contributed by atoms with E-state index < -0.39 is 11.7 Å². The zero-order valence-corrected chi connectivity index (χ0v) is 13.6. The lowest BCUT2D eigenvalue weighted by Crippen LogP contribution is -2.46. The summed E-state index contributed by atoms with van der Waals surface area (Å²) >= 11 is 0. The minimum Gasteiger partial charge on any atom is -0.395 e. The highest BCUT2D eigenvalue weighted by atomic mass is 19.4. The SMILES string of the molecule is CCN(CCO)C(=O)NC1CCCC1c1ccccc1C(F)(F)F. The van der Waals surface area contributed by atoms with Crippen LogP contribution in [0.1, 0.15) is 43.2 Å². The molecular weight excluding hydrogens is 321 g/mol. The Morgan fingerprint density at radius 1 is 1.33 bits per heavy atom. The molecule has 0 saturated heterocycles. The molecule has 24 heavy (non-hydrogen) atoms. The number of likely N-dealkylation sites (N-methyl/N-ethyl adjacent to an activating group) is 1. The number of carbonyl (C=O) groups excluding carboxylic acids is 1. The third kappa shape index (κ3) is 4.20. The van der Waals surface area contributed by atoms with Crippen molar-refractivity contribution >= 4 is 6.03 Å². The second kappa shape index (κ2) is 7.88. The number of amides is 2. The lowest BCUT2D eigenvalue weighted by atomic mass is 9.90. The Labute approximate surface area is 139 Å². The molecule has 1 aromatic rings. The maximum Gasteiger partial charge on any atom is 0.416 e. The molecule has 0 heterocycles. The van der Waals surface area contributed by atoms with Crippen LogP contribution in [0.25, 0.3) is 0 Å². The van der Waals surface area contributed by atoms with Crippen molar-refractivity contribution in [3.63, 3.8) is 0 Å². The Balaban J connectivity index is 2.18. The van der Waals surface area contributed by atoms with Crippen molar-refractivity contribution in [2.45, 2.75) is 44.3 Å². The van der Waals surface area contributed by atoms with Crippen LogP contribution in [0.3, 0.4) is 0 Å². The number of aliphatic hydroxyl groups is 1. The summed E-state index contributed by atoms with van der Waals surface area (Å²) in [7, 11) is 0. The van der Waals surface area contributed by atoms with Gasteiger partial charge in [-0.3, -0.25) is 0 Å². The zero-order valence-electron chi connectivity index (χ0n) is 13.6. The van der Waals surface area contributed by atoms with Crippen molar-refractivity contribution in [2.24, 2.45) is 0 Å². The van der Waals surface area contributed by atoms with Gasteiger partial charge in [0, 0.05) is 25.0 Å². The summed E-state index contributed by atoms with van der Waals surface area (Å²) < 4.78 is 39.8. The molecule has 1 saturated carbocycles. The van der Waals surface area contributed by atoms with Crippen LogP contribution in [0, 0.1) is 0 Å². The van der Waals surface area contributed by atoms with Gasteiger partial charge in [-0.1, -0.05) is 24.6 Å². The molecule has 2 atom stereocenters. The van der Waals surface area contributed by atoms with Gasteiger partial charge in [-0.15, -0.1) is 0 Å². The average Bonchev–Trinajstić information content (AvgIpc) is 2.99. The van der Waals surface area contributed by atoms with E-state index in [1.54, 1.807) is 13.0 Å². The number of benzene rings is 1. The molecule has 1 aliphatic carbocycles. The monoisotopic (exact) mass is 344 g/mol. The Kier molecular flexibility index (Phi) is 6.10. The van der Waals surface area contributed by atoms with E-state index in [0.717, 1.165) is 12.5 Å². The van der Waals surface area contributed by atoms with E-state index in [4.69, 9.17) is 5.11 Å². The van der Waals surface area contributed by atoms with Crippen molar-refractivity contribution < 1.29 is 23.1 Å². The highest BCUT2D eigenvalue weighted by Crippen LogP contribution is 2.41. The van der Waals surface area contributed by atoms with Gasteiger partial charge < -0.3 is 15.3 Å². The molecule has 2 amide bonds. The molecule has 0 spiro atoms. The minimum atomic E-state index is -4.40. The van der Waals surface area contributed by atoms with Crippen LogP contribution in [-0.4, -0.2) is 41.8 Å². The van der Waals surface area contributed by atoms with Crippen LogP contribution in [-0.2, 0) is 6.18 Å². The molecule has 2 unspecified atom stereocenters. The highest BCUT2D eigenvalue weighted by Gasteiger charge is 2.39. The number of nitrogens with zero attached hydrogens (tertiary/aromatic N) is 1. The predicted molar refractivity (Wildman–Crippen MR) is 84.7 cm³/mol. The lowest BCUT2D eigenvalue weighted by Gasteiger charge is -2.27. The third-order valence-corrected chi connectivity index (χ3v) is 4.53. The lowest BCUT2D eigenvalue weighted by molar-refractivity contribution is -0.138. The van der Waals surface area contributed by atoms with Gasteiger partial charge >= 0.3 is 12.2 Å². The summed E-state index contributed by atoms with van der Waals surface area (Å²) in [6, 6.07) is 4.92. The Bertz CT molecular complexity index is 563. The zero-order chi connectivity index (χ0) is 17.7. The van der Waals surface area contributed by atoms with Gasteiger partial charge in [-0.2, -0.15) is 13.2 Å². The van der Waals surface area contributed by atoms with Gasteiger partial charge in [0.15, 0.2) is 0 Å². The summed E-state index contributed by atoms with van der Waals surface area (Å²) in [6.45, 7) is 2.29. The predicted octanol–water partition coefficient (Wildman–Crippen LogP) is 3.37. The van der Waals surface area contributed by atoms with E-state index in [1.807, 2.05) is 0 Å².